The first kappa shape index (κ1) is 29.9. The zero-order valence-corrected chi connectivity index (χ0v) is 23.4. The summed E-state index contributed by atoms with van der Waals surface area (Å²) in [5, 5.41) is 24.2. The van der Waals surface area contributed by atoms with Gasteiger partial charge >= 0.3 is 0 Å². The molecule has 14 heteroatoms. The SMILES string of the molecule is CC(C)n1nccc1C(=O)N[C@H](c1cn2ncc([C@@H](CO)NC(=O)CC3CC(F)(F)C3)cc2n1)C1CCC(F)(F)CC1. The number of rotatable bonds is 10. The summed E-state index contributed by atoms with van der Waals surface area (Å²) in [6, 6.07) is 1.64. The van der Waals surface area contributed by atoms with Gasteiger partial charge in [0.1, 0.15) is 5.69 Å². The Morgan fingerprint density at radius 1 is 1.10 bits per heavy atom. The van der Waals surface area contributed by atoms with E-state index in [1.807, 2.05) is 13.8 Å². The fourth-order valence-corrected chi connectivity index (χ4v) is 5.88. The lowest BCUT2D eigenvalue weighted by molar-refractivity contribution is -0.134. The summed E-state index contributed by atoms with van der Waals surface area (Å²) in [6.07, 6.45) is 3.69. The minimum absolute atomic E-state index is 0.0627. The minimum atomic E-state index is -2.75. The highest BCUT2D eigenvalue weighted by atomic mass is 19.3. The summed E-state index contributed by atoms with van der Waals surface area (Å²) < 4.78 is 57.3. The van der Waals surface area contributed by atoms with Crippen LogP contribution in [0.25, 0.3) is 5.65 Å². The average molecular weight is 594 g/mol. The van der Waals surface area contributed by atoms with Crippen molar-refractivity contribution in [1.29, 1.82) is 0 Å². The number of aliphatic hydroxyl groups is 1. The molecule has 0 spiro atoms. The van der Waals surface area contributed by atoms with E-state index in [2.05, 4.69) is 25.8 Å². The molecule has 10 nitrogen and oxygen atoms in total. The van der Waals surface area contributed by atoms with Crippen LogP contribution in [0.2, 0.25) is 0 Å². The second-order valence-electron chi connectivity index (χ2n) is 11.8. The first-order chi connectivity index (χ1) is 19.8. The van der Waals surface area contributed by atoms with Gasteiger partial charge in [-0.2, -0.15) is 10.2 Å². The minimum Gasteiger partial charge on any atom is -0.394 e. The van der Waals surface area contributed by atoms with Gasteiger partial charge in [0.25, 0.3) is 5.91 Å². The van der Waals surface area contributed by atoms with Gasteiger partial charge in [0.15, 0.2) is 5.65 Å². The maximum Gasteiger partial charge on any atom is 0.270 e. The van der Waals surface area contributed by atoms with Crippen LogP contribution in [-0.2, 0) is 4.79 Å². The molecule has 2 amide bonds. The van der Waals surface area contributed by atoms with Gasteiger partial charge in [-0.15, -0.1) is 0 Å². The van der Waals surface area contributed by atoms with Crippen molar-refractivity contribution < 1.29 is 32.3 Å². The summed E-state index contributed by atoms with van der Waals surface area (Å²) >= 11 is 0. The molecule has 2 saturated carbocycles. The number of aliphatic hydroxyl groups excluding tert-OH is 1. The van der Waals surface area contributed by atoms with Crippen molar-refractivity contribution in [3.63, 3.8) is 0 Å². The lowest BCUT2D eigenvalue weighted by atomic mass is 9.79. The number of aromatic nitrogens is 5. The zero-order valence-electron chi connectivity index (χ0n) is 23.4. The van der Waals surface area contributed by atoms with Crippen molar-refractivity contribution in [2.75, 3.05) is 6.61 Å². The number of imidazole rings is 1. The van der Waals surface area contributed by atoms with Crippen LogP contribution in [0.4, 0.5) is 17.6 Å². The smallest absolute Gasteiger partial charge is 0.270 e. The highest BCUT2D eigenvalue weighted by molar-refractivity contribution is 5.92. The fourth-order valence-electron chi connectivity index (χ4n) is 5.88. The molecule has 0 aliphatic heterocycles. The number of alkyl halides is 4. The van der Waals surface area contributed by atoms with E-state index >= 15 is 0 Å². The van der Waals surface area contributed by atoms with E-state index in [0.29, 0.717) is 22.6 Å². The fraction of sp³-hybridized carbons (Fsp3) is 0.607. The standard InChI is InChI=1S/C28H35F4N7O3/c1-16(2)39-22(5-8-33-39)26(42)37-25(18-3-6-27(29,30)7-4-18)20-14-38-23(35-20)10-19(13-34-38)21(15-40)36-24(41)9-17-11-28(31,32)12-17/h5,8,10,13-14,16-18,21,25,40H,3-4,6-7,9,11-12,15H2,1-2H3,(H,36,41)(H,37,42)/t21-,25+/m1/s1. The lowest BCUT2D eigenvalue weighted by Crippen LogP contribution is -2.40. The molecule has 3 heterocycles. The largest absolute Gasteiger partial charge is 0.394 e. The topological polar surface area (TPSA) is 126 Å². The number of carbonyl (C=O) groups is 2. The molecule has 2 aliphatic rings. The Bertz CT molecular complexity index is 1420. The number of nitrogens with zero attached hydrogens (tertiary/aromatic N) is 5. The van der Waals surface area contributed by atoms with Crippen LogP contribution in [0.1, 0.15) is 98.7 Å². The third kappa shape index (κ3) is 6.58. The number of amides is 2. The van der Waals surface area contributed by atoms with Gasteiger partial charge in [-0.05, 0) is 50.7 Å². The van der Waals surface area contributed by atoms with Crippen LogP contribution < -0.4 is 10.6 Å². The molecule has 2 atom stereocenters. The molecule has 3 aromatic rings. The lowest BCUT2D eigenvalue weighted by Gasteiger charge is -2.34. The third-order valence-electron chi connectivity index (χ3n) is 8.16. The van der Waals surface area contributed by atoms with Gasteiger partial charge in [0.05, 0.1) is 36.8 Å². The van der Waals surface area contributed by atoms with Crippen LogP contribution >= 0.6 is 0 Å². The summed E-state index contributed by atoms with van der Waals surface area (Å²) in [7, 11) is 0. The zero-order chi connectivity index (χ0) is 30.2. The second-order valence-corrected chi connectivity index (χ2v) is 11.8. The van der Waals surface area contributed by atoms with Crippen molar-refractivity contribution >= 4 is 17.5 Å². The number of halogens is 4. The molecule has 2 fully saturated rings. The predicted molar refractivity (Wildman–Crippen MR) is 143 cm³/mol. The maximum atomic E-state index is 14.0. The molecular weight excluding hydrogens is 558 g/mol. The van der Waals surface area contributed by atoms with Crippen molar-refractivity contribution in [2.24, 2.45) is 11.8 Å². The van der Waals surface area contributed by atoms with Crippen LogP contribution in [0.3, 0.4) is 0 Å². The Kier molecular flexibility index (Phi) is 8.28. The molecule has 5 rings (SSSR count). The summed E-state index contributed by atoms with van der Waals surface area (Å²) in [6.45, 7) is 3.34. The Hall–Kier alpha value is -3.55. The molecule has 3 aromatic heterocycles. The van der Waals surface area contributed by atoms with E-state index in [-0.39, 0.29) is 56.9 Å². The molecule has 3 N–H and O–H groups in total. The van der Waals surface area contributed by atoms with E-state index < -0.39 is 48.3 Å². The average Bonchev–Trinajstić information content (AvgIpc) is 3.57. The molecule has 0 radical (unpaired) electrons. The van der Waals surface area contributed by atoms with Crippen molar-refractivity contribution in [1.82, 2.24) is 35.0 Å². The van der Waals surface area contributed by atoms with Crippen LogP contribution in [-0.4, -0.2) is 59.8 Å². The predicted octanol–water partition coefficient (Wildman–Crippen LogP) is 4.39. The number of hydrogen-bond acceptors (Lipinski definition) is 6. The highest BCUT2D eigenvalue weighted by Crippen LogP contribution is 2.44. The van der Waals surface area contributed by atoms with Gasteiger partial charge in [0, 0.05) is 49.9 Å². The summed E-state index contributed by atoms with van der Waals surface area (Å²) in [5.74, 6) is -7.02. The van der Waals surface area contributed by atoms with Gasteiger partial charge in [-0.3, -0.25) is 14.3 Å². The summed E-state index contributed by atoms with van der Waals surface area (Å²) in [4.78, 5) is 30.4. The summed E-state index contributed by atoms with van der Waals surface area (Å²) in [5.41, 5.74) is 1.59. The van der Waals surface area contributed by atoms with E-state index in [0.717, 1.165) is 0 Å². The van der Waals surface area contributed by atoms with Gasteiger partial charge in [-0.1, -0.05) is 0 Å². The molecule has 228 valence electrons. The van der Waals surface area contributed by atoms with Crippen molar-refractivity contribution in [3.8, 4) is 0 Å². The van der Waals surface area contributed by atoms with Gasteiger partial charge in [-0.25, -0.2) is 27.1 Å². The Morgan fingerprint density at radius 2 is 1.81 bits per heavy atom. The Balaban J connectivity index is 1.36. The number of carbonyl (C=O) groups excluding carboxylic acids is 2. The van der Waals surface area contributed by atoms with Crippen LogP contribution in [0, 0.1) is 11.8 Å². The molecule has 0 saturated heterocycles. The van der Waals surface area contributed by atoms with E-state index in [1.54, 1.807) is 23.0 Å². The molecule has 0 aromatic carbocycles. The molecule has 42 heavy (non-hydrogen) atoms. The Labute approximate surface area is 239 Å². The normalized spacial score (nSPS) is 20.3. The van der Waals surface area contributed by atoms with Crippen molar-refractivity contribution in [3.05, 3.63) is 47.7 Å². The monoisotopic (exact) mass is 593 g/mol. The maximum absolute atomic E-state index is 14.0. The quantitative estimate of drug-likeness (QED) is 0.300. The van der Waals surface area contributed by atoms with Crippen molar-refractivity contribution in [2.45, 2.75) is 88.8 Å². The van der Waals surface area contributed by atoms with Crippen LogP contribution in [0.15, 0.2) is 30.7 Å². The number of fused-ring (bicyclic) bond motifs is 1. The molecule has 2 aliphatic carbocycles. The van der Waals surface area contributed by atoms with E-state index in [4.69, 9.17) is 0 Å². The molecular formula is C28H35F4N7O3. The van der Waals surface area contributed by atoms with Gasteiger partial charge < -0.3 is 15.7 Å². The van der Waals surface area contributed by atoms with Gasteiger partial charge in [0.2, 0.25) is 17.8 Å². The molecule has 0 bridgehead atoms. The molecule has 0 unspecified atom stereocenters. The van der Waals surface area contributed by atoms with E-state index in [9.17, 15) is 32.3 Å². The Morgan fingerprint density at radius 3 is 2.45 bits per heavy atom. The third-order valence-corrected chi connectivity index (χ3v) is 8.16. The second kappa shape index (κ2) is 11.6. The van der Waals surface area contributed by atoms with E-state index in [1.165, 1.54) is 16.9 Å². The van der Waals surface area contributed by atoms with Crippen LogP contribution in [0.5, 0.6) is 0 Å². The highest BCUT2D eigenvalue weighted by Gasteiger charge is 2.46. The number of nitrogens with one attached hydrogen (secondary N) is 2. The number of hydrogen-bond donors (Lipinski definition) is 3. The first-order valence-electron chi connectivity index (χ1n) is 14.2. The first-order valence-corrected chi connectivity index (χ1v) is 14.2.